The SMILES string of the molecule is CCCc1c(N)n[nH]c1-c1sccc1I. The Morgan fingerprint density at radius 2 is 2.40 bits per heavy atom. The van der Waals surface area contributed by atoms with Crippen LogP contribution < -0.4 is 5.73 Å². The molecule has 0 aliphatic rings. The van der Waals surface area contributed by atoms with Crippen molar-refractivity contribution in [1.82, 2.24) is 10.2 Å². The van der Waals surface area contributed by atoms with Gasteiger partial charge in [0.25, 0.3) is 0 Å². The number of hydrogen-bond donors (Lipinski definition) is 2. The fourth-order valence-electron chi connectivity index (χ4n) is 1.54. The number of anilines is 1. The predicted molar refractivity (Wildman–Crippen MR) is 73.0 cm³/mol. The first-order chi connectivity index (χ1) is 7.24. The fourth-order valence-corrected chi connectivity index (χ4v) is 3.42. The van der Waals surface area contributed by atoms with Gasteiger partial charge in [-0.25, -0.2) is 0 Å². The third-order valence-corrected chi connectivity index (χ3v) is 4.44. The van der Waals surface area contributed by atoms with Gasteiger partial charge in [0.05, 0.1) is 10.6 Å². The second kappa shape index (κ2) is 4.52. The van der Waals surface area contributed by atoms with E-state index in [4.69, 9.17) is 5.73 Å². The minimum atomic E-state index is 0.635. The highest BCUT2D eigenvalue weighted by molar-refractivity contribution is 14.1. The van der Waals surface area contributed by atoms with Crippen LogP contribution in [0.15, 0.2) is 11.4 Å². The lowest BCUT2D eigenvalue weighted by molar-refractivity contribution is 0.927. The number of aromatic amines is 1. The van der Waals surface area contributed by atoms with Gasteiger partial charge in [-0.15, -0.1) is 11.3 Å². The first-order valence-corrected chi connectivity index (χ1v) is 6.76. The molecule has 0 amide bonds. The van der Waals surface area contributed by atoms with Gasteiger partial charge in [0.1, 0.15) is 5.82 Å². The zero-order valence-corrected chi connectivity index (χ0v) is 11.4. The highest BCUT2D eigenvalue weighted by Gasteiger charge is 2.14. The van der Waals surface area contributed by atoms with Gasteiger partial charge in [-0.3, -0.25) is 5.10 Å². The Balaban J connectivity index is 2.49. The molecule has 2 rings (SSSR count). The first-order valence-electron chi connectivity index (χ1n) is 4.80. The van der Waals surface area contributed by atoms with E-state index in [0.29, 0.717) is 5.82 Å². The third-order valence-electron chi connectivity index (χ3n) is 2.24. The molecule has 3 nitrogen and oxygen atoms in total. The van der Waals surface area contributed by atoms with E-state index < -0.39 is 0 Å². The van der Waals surface area contributed by atoms with Crippen molar-refractivity contribution in [1.29, 1.82) is 0 Å². The Morgan fingerprint density at radius 3 is 3.00 bits per heavy atom. The molecule has 0 spiro atoms. The average Bonchev–Trinajstić information content (AvgIpc) is 2.76. The van der Waals surface area contributed by atoms with Gasteiger partial charge in [-0.05, 0) is 40.5 Å². The summed E-state index contributed by atoms with van der Waals surface area (Å²) in [5.74, 6) is 0.635. The molecule has 2 heterocycles. The highest BCUT2D eigenvalue weighted by atomic mass is 127. The summed E-state index contributed by atoms with van der Waals surface area (Å²) in [6.07, 6.45) is 2.06. The van der Waals surface area contributed by atoms with E-state index in [1.54, 1.807) is 11.3 Å². The van der Waals surface area contributed by atoms with Crippen molar-refractivity contribution in [3.05, 3.63) is 20.6 Å². The van der Waals surface area contributed by atoms with E-state index in [0.717, 1.165) is 24.1 Å². The van der Waals surface area contributed by atoms with E-state index in [2.05, 4.69) is 51.2 Å². The minimum Gasteiger partial charge on any atom is -0.382 e. The van der Waals surface area contributed by atoms with Gasteiger partial charge in [-0.1, -0.05) is 13.3 Å². The molecule has 5 heteroatoms. The molecular weight excluding hydrogens is 321 g/mol. The predicted octanol–water partition coefficient (Wildman–Crippen LogP) is 3.28. The van der Waals surface area contributed by atoms with Crippen molar-refractivity contribution < 1.29 is 0 Å². The summed E-state index contributed by atoms with van der Waals surface area (Å²) in [6, 6.07) is 2.10. The molecule has 15 heavy (non-hydrogen) atoms. The number of nitrogen functional groups attached to an aromatic ring is 1. The number of halogens is 1. The van der Waals surface area contributed by atoms with Crippen LogP contribution >= 0.6 is 33.9 Å². The third kappa shape index (κ3) is 2.03. The summed E-state index contributed by atoms with van der Waals surface area (Å²) in [5.41, 5.74) is 8.09. The van der Waals surface area contributed by atoms with Gasteiger partial charge in [0.2, 0.25) is 0 Å². The molecule has 0 aliphatic carbocycles. The molecular formula is C10H12IN3S. The van der Waals surface area contributed by atoms with Crippen molar-refractivity contribution in [3.8, 4) is 10.6 Å². The molecule has 2 aromatic heterocycles. The topological polar surface area (TPSA) is 54.7 Å². The van der Waals surface area contributed by atoms with Gasteiger partial charge in [0, 0.05) is 9.13 Å². The molecule has 2 aromatic rings. The van der Waals surface area contributed by atoms with E-state index >= 15 is 0 Å². The molecule has 0 atom stereocenters. The van der Waals surface area contributed by atoms with Crippen LogP contribution in [0, 0.1) is 3.57 Å². The Kier molecular flexibility index (Phi) is 3.30. The average molecular weight is 333 g/mol. The zero-order chi connectivity index (χ0) is 10.8. The maximum Gasteiger partial charge on any atom is 0.149 e. The van der Waals surface area contributed by atoms with Gasteiger partial charge in [-0.2, -0.15) is 5.10 Å². The number of thiophene rings is 1. The number of aromatic nitrogens is 2. The summed E-state index contributed by atoms with van der Waals surface area (Å²) in [5, 5.41) is 9.21. The van der Waals surface area contributed by atoms with E-state index in [1.807, 2.05) is 0 Å². The van der Waals surface area contributed by atoms with Gasteiger partial charge in [0.15, 0.2) is 0 Å². The van der Waals surface area contributed by atoms with Crippen LogP contribution in [0.5, 0.6) is 0 Å². The van der Waals surface area contributed by atoms with Crippen molar-refractivity contribution in [2.45, 2.75) is 19.8 Å². The second-order valence-corrected chi connectivity index (χ2v) is 5.39. The molecule has 0 unspecified atom stereocenters. The number of H-pyrrole nitrogens is 1. The minimum absolute atomic E-state index is 0.635. The number of hydrogen-bond acceptors (Lipinski definition) is 3. The lowest BCUT2D eigenvalue weighted by atomic mass is 10.1. The molecule has 3 N–H and O–H groups in total. The normalized spacial score (nSPS) is 10.8. The van der Waals surface area contributed by atoms with Crippen LogP contribution in [0.25, 0.3) is 10.6 Å². The largest absolute Gasteiger partial charge is 0.382 e. The summed E-state index contributed by atoms with van der Waals surface area (Å²) in [7, 11) is 0. The molecule has 80 valence electrons. The van der Waals surface area contributed by atoms with Crippen LogP contribution in [0.4, 0.5) is 5.82 Å². The van der Waals surface area contributed by atoms with Crippen LogP contribution in [-0.4, -0.2) is 10.2 Å². The second-order valence-electron chi connectivity index (χ2n) is 3.31. The van der Waals surface area contributed by atoms with E-state index in [-0.39, 0.29) is 0 Å². The Morgan fingerprint density at radius 1 is 1.60 bits per heavy atom. The van der Waals surface area contributed by atoms with Crippen LogP contribution in [-0.2, 0) is 6.42 Å². The van der Waals surface area contributed by atoms with E-state index in [9.17, 15) is 0 Å². The number of nitrogens with two attached hydrogens (primary N) is 1. The Hall–Kier alpha value is -0.560. The summed E-state index contributed by atoms with van der Waals surface area (Å²) in [6.45, 7) is 2.15. The lowest BCUT2D eigenvalue weighted by Crippen LogP contribution is -1.92. The van der Waals surface area contributed by atoms with Crippen molar-refractivity contribution in [2.75, 3.05) is 5.73 Å². The summed E-state index contributed by atoms with van der Waals surface area (Å²) < 4.78 is 1.25. The van der Waals surface area contributed by atoms with Crippen LogP contribution in [0.1, 0.15) is 18.9 Å². The van der Waals surface area contributed by atoms with E-state index in [1.165, 1.54) is 8.45 Å². The Bertz CT molecular complexity index is 461. The smallest absolute Gasteiger partial charge is 0.149 e. The summed E-state index contributed by atoms with van der Waals surface area (Å²) in [4.78, 5) is 1.24. The van der Waals surface area contributed by atoms with Gasteiger partial charge >= 0.3 is 0 Å². The maximum atomic E-state index is 5.84. The van der Waals surface area contributed by atoms with Gasteiger partial charge < -0.3 is 5.73 Å². The fraction of sp³-hybridized carbons (Fsp3) is 0.300. The maximum absolute atomic E-state index is 5.84. The highest BCUT2D eigenvalue weighted by Crippen LogP contribution is 2.33. The molecule has 0 fully saturated rings. The molecule has 0 saturated heterocycles. The number of nitrogens with one attached hydrogen (secondary N) is 1. The molecule has 0 radical (unpaired) electrons. The van der Waals surface area contributed by atoms with Crippen molar-refractivity contribution in [3.63, 3.8) is 0 Å². The molecule has 0 aliphatic heterocycles. The summed E-state index contributed by atoms with van der Waals surface area (Å²) >= 11 is 4.06. The van der Waals surface area contributed by atoms with Crippen LogP contribution in [0.2, 0.25) is 0 Å². The standard InChI is InChI=1S/C10H12IN3S/c1-2-3-6-8(13-14-10(6)12)9-7(11)4-5-15-9/h4-5H,2-3H2,1H3,(H3,12,13,14). The first kappa shape index (κ1) is 10.9. The number of nitrogens with zero attached hydrogens (tertiary/aromatic N) is 1. The van der Waals surface area contributed by atoms with Crippen LogP contribution in [0.3, 0.4) is 0 Å². The lowest BCUT2D eigenvalue weighted by Gasteiger charge is -2.00. The Labute approximate surface area is 106 Å². The quantitative estimate of drug-likeness (QED) is 0.847. The zero-order valence-electron chi connectivity index (χ0n) is 8.38. The molecule has 0 bridgehead atoms. The van der Waals surface area contributed by atoms with Crippen molar-refractivity contribution >= 4 is 39.7 Å². The molecule has 0 saturated carbocycles. The number of rotatable bonds is 3. The molecule has 0 aromatic carbocycles. The van der Waals surface area contributed by atoms with Crippen molar-refractivity contribution in [2.24, 2.45) is 0 Å². The monoisotopic (exact) mass is 333 g/mol.